The number of rotatable bonds is 10. The third-order valence-electron chi connectivity index (χ3n) is 5.22. The van der Waals surface area contributed by atoms with Crippen LogP contribution in [0.25, 0.3) is 11.3 Å². The van der Waals surface area contributed by atoms with Gasteiger partial charge in [0.15, 0.2) is 11.5 Å². The van der Waals surface area contributed by atoms with Gasteiger partial charge in [-0.25, -0.2) is 0 Å². The molecule has 0 bridgehead atoms. The number of hydrogen-bond donors (Lipinski definition) is 0. The molecule has 32 heavy (non-hydrogen) atoms. The van der Waals surface area contributed by atoms with Crippen molar-refractivity contribution < 1.29 is 33.1 Å². The average Bonchev–Trinajstić information content (AvgIpc) is 3.33. The van der Waals surface area contributed by atoms with Crippen LogP contribution in [0.1, 0.15) is 16.9 Å². The second-order valence-corrected chi connectivity index (χ2v) is 7.17. The Morgan fingerprint density at radius 3 is 2.56 bits per heavy atom. The van der Waals surface area contributed by atoms with Crippen LogP contribution in [0.15, 0.2) is 28.8 Å². The summed E-state index contributed by atoms with van der Waals surface area (Å²) in [6, 6.07) is 6.83. The largest absolute Gasteiger partial charge is 0.497 e. The second kappa shape index (κ2) is 11.5. The summed E-state index contributed by atoms with van der Waals surface area (Å²) in [6.45, 7) is 3.15. The number of amides is 2. The number of hydrogen-bond acceptors (Lipinski definition) is 8. The smallest absolute Gasteiger partial charge is 0.276 e. The van der Waals surface area contributed by atoms with Crippen molar-refractivity contribution in [3.05, 3.63) is 30.0 Å². The molecule has 0 radical (unpaired) electrons. The van der Waals surface area contributed by atoms with E-state index in [-0.39, 0.29) is 30.5 Å². The first kappa shape index (κ1) is 23.6. The van der Waals surface area contributed by atoms with Gasteiger partial charge in [0.05, 0.1) is 39.6 Å². The maximum Gasteiger partial charge on any atom is 0.276 e. The van der Waals surface area contributed by atoms with E-state index in [9.17, 15) is 9.59 Å². The topological polar surface area (TPSA) is 104 Å². The molecular formula is C22H29N3O7. The number of carbonyl (C=O) groups is 2. The van der Waals surface area contributed by atoms with Gasteiger partial charge in [-0.1, -0.05) is 5.16 Å². The molecule has 1 saturated heterocycles. The molecule has 2 amide bonds. The summed E-state index contributed by atoms with van der Waals surface area (Å²) in [5, 5.41) is 3.95. The van der Waals surface area contributed by atoms with E-state index in [2.05, 4.69) is 5.16 Å². The summed E-state index contributed by atoms with van der Waals surface area (Å²) in [5.41, 5.74) is 0.790. The molecule has 0 aliphatic carbocycles. The molecule has 10 heteroatoms. The fourth-order valence-electron chi connectivity index (χ4n) is 3.38. The van der Waals surface area contributed by atoms with Crippen molar-refractivity contribution in [2.24, 2.45) is 0 Å². The molecule has 1 aliphatic heterocycles. The lowest BCUT2D eigenvalue weighted by molar-refractivity contribution is -0.135. The van der Waals surface area contributed by atoms with Crippen LogP contribution in [0.4, 0.5) is 0 Å². The molecular weight excluding hydrogens is 418 g/mol. The molecule has 3 rings (SSSR count). The first-order chi connectivity index (χ1) is 15.6. The summed E-state index contributed by atoms with van der Waals surface area (Å²) in [5.74, 6) is 1.22. The molecule has 1 aromatic heterocycles. The summed E-state index contributed by atoms with van der Waals surface area (Å²) in [7, 11) is 4.67. The van der Waals surface area contributed by atoms with Gasteiger partial charge in [0.1, 0.15) is 11.5 Å². The lowest BCUT2D eigenvalue weighted by atomic mass is 10.1. The van der Waals surface area contributed by atoms with Gasteiger partial charge in [0.25, 0.3) is 5.91 Å². The van der Waals surface area contributed by atoms with Gasteiger partial charge in [-0.2, -0.15) is 0 Å². The summed E-state index contributed by atoms with van der Waals surface area (Å²) in [4.78, 5) is 28.9. The number of morpholine rings is 1. The Kier molecular flexibility index (Phi) is 8.46. The van der Waals surface area contributed by atoms with Crippen molar-refractivity contribution in [3.8, 4) is 22.8 Å². The maximum absolute atomic E-state index is 13.1. The summed E-state index contributed by atoms with van der Waals surface area (Å²) < 4.78 is 26.5. The van der Waals surface area contributed by atoms with Crippen LogP contribution in [-0.2, 0) is 14.3 Å². The highest BCUT2D eigenvalue weighted by atomic mass is 16.5. The van der Waals surface area contributed by atoms with Crippen LogP contribution in [0.5, 0.6) is 11.5 Å². The summed E-state index contributed by atoms with van der Waals surface area (Å²) in [6.07, 6.45) is 0.215. The first-order valence-electron chi connectivity index (χ1n) is 10.4. The Bertz CT molecular complexity index is 909. The number of ether oxygens (including phenoxy) is 4. The van der Waals surface area contributed by atoms with Crippen molar-refractivity contribution in [2.45, 2.75) is 6.42 Å². The zero-order chi connectivity index (χ0) is 22.9. The molecule has 2 heterocycles. The molecule has 0 spiro atoms. The molecule has 1 aromatic carbocycles. The van der Waals surface area contributed by atoms with E-state index in [1.54, 1.807) is 55.4 Å². The predicted molar refractivity (Wildman–Crippen MR) is 115 cm³/mol. The Morgan fingerprint density at radius 1 is 1.09 bits per heavy atom. The average molecular weight is 447 g/mol. The first-order valence-corrected chi connectivity index (χ1v) is 10.4. The molecule has 0 N–H and O–H groups in total. The fraction of sp³-hybridized carbons (Fsp3) is 0.500. The Hall–Kier alpha value is -3.11. The quantitative estimate of drug-likeness (QED) is 0.542. The van der Waals surface area contributed by atoms with Gasteiger partial charge in [-0.05, 0) is 12.1 Å². The zero-order valence-electron chi connectivity index (χ0n) is 18.7. The maximum atomic E-state index is 13.1. The number of carbonyl (C=O) groups excluding carboxylic acids is 2. The van der Waals surface area contributed by atoms with Gasteiger partial charge in [-0.3, -0.25) is 9.59 Å². The normalized spacial score (nSPS) is 13.7. The highest BCUT2D eigenvalue weighted by Gasteiger charge is 2.24. The van der Waals surface area contributed by atoms with Crippen molar-refractivity contribution >= 4 is 11.8 Å². The van der Waals surface area contributed by atoms with Crippen LogP contribution in [0.3, 0.4) is 0 Å². The number of benzene rings is 1. The lowest BCUT2D eigenvalue weighted by Crippen LogP contribution is -2.43. The minimum absolute atomic E-state index is 0.00710. The van der Waals surface area contributed by atoms with Gasteiger partial charge in [0.2, 0.25) is 5.91 Å². The van der Waals surface area contributed by atoms with E-state index in [1.807, 2.05) is 0 Å². The predicted octanol–water partition coefficient (Wildman–Crippen LogP) is 1.70. The Labute approximate surface area is 186 Å². The van der Waals surface area contributed by atoms with Gasteiger partial charge in [-0.15, -0.1) is 0 Å². The lowest BCUT2D eigenvalue weighted by Gasteiger charge is -2.28. The van der Waals surface area contributed by atoms with Gasteiger partial charge in [0, 0.05) is 51.8 Å². The van der Waals surface area contributed by atoms with Crippen LogP contribution in [-0.4, -0.2) is 94.1 Å². The fourth-order valence-corrected chi connectivity index (χ4v) is 3.38. The molecule has 1 fully saturated rings. The van der Waals surface area contributed by atoms with E-state index in [0.717, 1.165) is 0 Å². The minimum atomic E-state index is -0.334. The van der Waals surface area contributed by atoms with E-state index >= 15 is 0 Å². The molecule has 0 saturated carbocycles. The van der Waals surface area contributed by atoms with Crippen LogP contribution in [0, 0.1) is 0 Å². The zero-order valence-corrected chi connectivity index (χ0v) is 18.7. The van der Waals surface area contributed by atoms with E-state index in [4.69, 9.17) is 23.5 Å². The second-order valence-electron chi connectivity index (χ2n) is 7.17. The van der Waals surface area contributed by atoms with Gasteiger partial charge < -0.3 is 33.3 Å². The van der Waals surface area contributed by atoms with Crippen molar-refractivity contribution in [2.75, 3.05) is 67.3 Å². The highest BCUT2D eigenvalue weighted by molar-refractivity contribution is 5.93. The molecule has 1 aliphatic rings. The van der Waals surface area contributed by atoms with Crippen LogP contribution < -0.4 is 9.47 Å². The molecule has 10 nitrogen and oxygen atoms in total. The van der Waals surface area contributed by atoms with Crippen molar-refractivity contribution in [1.29, 1.82) is 0 Å². The standard InChI is InChI=1S/C22H29N3O7/c1-28-11-8-25(7-6-21(26)24-9-12-31-13-10-24)22(27)18-15-20(32-23-18)17-5-4-16(29-2)14-19(17)30-3/h4-5,14-15H,6-13H2,1-3H3. The van der Waals surface area contributed by atoms with Crippen LogP contribution >= 0.6 is 0 Å². The van der Waals surface area contributed by atoms with E-state index < -0.39 is 0 Å². The third kappa shape index (κ3) is 5.77. The number of aromatic nitrogens is 1. The minimum Gasteiger partial charge on any atom is -0.497 e. The SMILES string of the molecule is COCCN(CCC(=O)N1CCOCC1)C(=O)c1cc(-c2ccc(OC)cc2OC)on1. The summed E-state index contributed by atoms with van der Waals surface area (Å²) >= 11 is 0. The molecule has 0 unspecified atom stereocenters. The van der Waals surface area contributed by atoms with Gasteiger partial charge >= 0.3 is 0 Å². The van der Waals surface area contributed by atoms with Crippen LogP contribution in [0.2, 0.25) is 0 Å². The Balaban J connectivity index is 1.71. The molecule has 174 valence electrons. The molecule has 2 aromatic rings. The van der Waals surface area contributed by atoms with E-state index in [0.29, 0.717) is 62.3 Å². The molecule has 0 atom stereocenters. The van der Waals surface area contributed by atoms with E-state index in [1.165, 1.54) is 0 Å². The Morgan fingerprint density at radius 2 is 1.88 bits per heavy atom. The third-order valence-corrected chi connectivity index (χ3v) is 5.22. The monoisotopic (exact) mass is 447 g/mol. The number of nitrogens with zero attached hydrogens (tertiary/aromatic N) is 3. The van der Waals surface area contributed by atoms with Crippen molar-refractivity contribution in [3.63, 3.8) is 0 Å². The number of methoxy groups -OCH3 is 3. The van der Waals surface area contributed by atoms with Crippen molar-refractivity contribution in [1.82, 2.24) is 15.0 Å². The highest BCUT2D eigenvalue weighted by Crippen LogP contribution is 2.33.